The van der Waals surface area contributed by atoms with Crippen molar-refractivity contribution in [3.8, 4) is 0 Å². The van der Waals surface area contributed by atoms with E-state index in [0.717, 1.165) is 51.4 Å². The van der Waals surface area contributed by atoms with E-state index in [1.807, 2.05) is 21.1 Å². The van der Waals surface area contributed by atoms with E-state index in [-0.39, 0.29) is 32.2 Å². The molecule has 0 spiro atoms. The summed E-state index contributed by atoms with van der Waals surface area (Å²) in [4.78, 5) is 37.1. The molecule has 0 saturated heterocycles. The number of carbonyl (C=O) groups excluding carboxylic acids is 2. The molecule has 0 amide bonds. The molecule has 0 aromatic heterocycles. The van der Waals surface area contributed by atoms with Gasteiger partial charge in [0.1, 0.15) is 13.2 Å². The molecular formula is C57H106NO8+. The predicted molar refractivity (Wildman–Crippen MR) is 277 cm³/mol. The van der Waals surface area contributed by atoms with Crippen molar-refractivity contribution in [2.75, 3.05) is 47.5 Å². The Kier molecular flexibility index (Phi) is 47.1. The van der Waals surface area contributed by atoms with Crippen molar-refractivity contribution in [1.29, 1.82) is 0 Å². The summed E-state index contributed by atoms with van der Waals surface area (Å²) in [6.45, 7) is 4.85. The Morgan fingerprint density at radius 3 is 1.21 bits per heavy atom. The summed E-state index contributed by atoms with van der Waals surface area (Å²) in [5.41, 5.74) is 0. The number of carboxylic acids is 1. The molecule has 0 aromatic rings. The van der Waals surface area contributed by atoms with Crippen LogP contribution in [-0.2, 0) is 33.3 Å². The number of aliphatic carboxylic acids is 1. The van der Waals surface area contributed by atoms with Crippen LogP contribution in [0.2, 0.25) is 0 Å². The van der Waals surface area contributed by atoms with Crippen molar-refractivity contribution in [2.24, 2.45) is 0 Å². The van der Waals surface area contributed by atoms with Gasteiger partial charge in [0.15, 0.2) is 6.10 Å². The molecule has 2 unspecified atom stereocenters. The second-order valence-electron chi connectivity index (χ2n) is 19.9. The fourth-order valence-electron chi connectivity index (χ4n) is 7.84. The second-order valence-corrected chi connectivity index (χ2v) is 19.9. The molecule has 0 bridgehead atoms. The Labute approximate surface area is 407 Å². The monoisotopic (exact) mass is 933 g/mol. The van der Waals surface area contributed by atoms with Crippen LogP contribution in [0, 0.1) is 0 Å². The van der Waals surface area contributed by atoms with Crippen LogP contribution in [-0.4, -0.2) is 87.4 Å². The number of ether oxygens (including phenoxy) is 4. The van der Waals surface area contributed by atoms with Crippen molar-refractivity contribution < 1.29 is 42.9 Å². The molecule has 0 heterocycles. The highest BCUT2D eigenvalue weighted by Gasteiger charge is 2.25. The number of hydrogen-bond acceptors (Lipinski definition) is 7. The fraction of sp³-hybridized carbons (Fsp3) is 0.842. The molecule has 386 valence electrons. The maximum absolute atomic E-state index is 12.8. The van der Waals surface area contributed by atoms with Gasteiger partial charge in [0.25, 0.3) is 6.29 Å². The molecule has 0 rings (SSSR count). The molecule has 0 aromatic carbocycles. The summed E-state index contributed by atoms with van der Waals surface area (Å²) in [5, 5.41) is 9.64. The highest BCUT2D eigenvalue weighted by atomic mass is 16.7. The zero-order valence-corrected chi connectivity index (χ0v) is 43.9. The SMILES string of the molecule is CCCCCCC/C=C\C/C=C\C/C=C\CCCCCCCCCCCCCCCCCCCCC(=O)OC(COC(=O)CCCCCCCCCC)COC(OCC[N+](C)(C)C)C(=O)O. The summed E-state index contributed by atoms with van der Waals surface area (Å²) in [7, 11) is 5.96. The Balaban J connectivity index is 3.99. The number of allylic oxidation sites excluding steroid dienone is 6. The number of carboxylic acid groups (broad SMARTS) is 1. The van der Waals surface area contributed by atoms with Crippen LogP contribution in [0.25, 0.3) is 0 Å². The molecule has 0 radical (unpaired) electrons. The van der Waals surface area contributed by atoms with Gasteiger partial charge in [-0.25, -0.2) is 4.79 Å². The van der Waals surface area contributed by atoms with E-state index in [9.17, 15) is 19.5 Å². The van der Waals surface area contributed by atoms with Crippen molar-refractivity contribution in [1.82, 2.24) is 0 Å². The van der Waals surface area contributed by atoms with Crippen LogP contribution in [0.3, 0.4) is 0 Å². The Hall–Kier alpha value is -2.49. The van der Waals surface area contributed by atoms with Gasteiger partial charge >= 0.3 is 17.9 Å². The maximum atomic E-state index is 12.8. The van der Waals surface area contributed by atoms with Crippen molar-refractivity contribution in [3.63, 3.8) is 0 Å². The lowest BCUT2D eigenvalue weighted by Gasteiger charge is -2.25. The highest BCUT2D eigenvalue weighted by molar-refractivity contribution is 5.71. The minimum Gasteiger partial charge on any atom is -0.477 e. The van der Waals surface area contributed by atoms with E-state index >= 15 is 0 Å². The van der Waals surface area contributed by atoms with Gasteiger partial charge in [-0.1, -0.05) is 224 Å². The van der Waals surface area contributed by atoms with Crippen LogP contribution >= 0.6 is 0 Å². The molecular weight excluding hydrogens is 827 g/mol. The standard InChI is InChI=1S/C57H105NO8/c1-6-8-10-12-14-16-17-18-19-20-21-22-23-24-25-26-27-28-29-30-31-32-33-34-35-36-37-38-39-40-42-44-46-48-55(60)66-53(52-65-57(56(61)62)63-50-49-58(3,4)5)51-64-54(59)47-45-43-41-15-13-11-9-7-2/h17-18,20-21,23-24,53,57H,6-16,19,22,25-52H2,1-5H3/p+1/b18-17-,21-20-,24-23-. The minimum atomic E-state index is -1.50. The average molecular weight is 933 g/mol. The molecule has 0 saturated carbocycles. The van der Waals surface area contributed by atoms with Crippen molar-refractivity contribution in [2.45, 2.75) is 264 Å². The van der Waals surface area contributed by atoms with Gasteiger partial charge in [-0.3, -0.25) is 9.59 Å². The first-order chi connectivity index (χ1) is 32.1. The molecule has 9 heteroatoms. The minimum absolute atomic E-state index is 0.178. The smallest absolute Gasteiger partial charge is 0.361 e. The zero-order chi connectivity index (χ0) is 48.4. The van der Waals surface area contributed by atoms with Gasteiger partial charge in [-0.2, -0.15) is 0 Å². The largest absolute Gasteiger partial charge is 0.477 e. The van der Waals surface area contributed by atoms with Crippen LogP contribution < -0.4 is 0 Å². The topological polar surface area (TPSA) is 108 Å². The molecule has 2 atom stereocenters. The summed E-state index contributed by atoms with van der Waals surface area (Å²) >= 11 is 0. The van der Waals surface area contributed by atoms with Gasteiger partial charge in [0, 0.05) is 12.8 Å². The van der Waals surface area contributed by atoms with E-state index in [1.54, 1.807) is 0 Å². The summed E-state index contributed by atoms with van der Waals surface area (Å²) in [6.07, 6.45) is 55.4. The van der Waals surface area contributed by atoms with Gasteiger partial charge in [-0.05, 0) is 51.4 Å². The number of nitrogens with zero attached hydrogens (tertiary/aromatic N) is 1. The number of carbonyl (C=O) groups is 3. The van der Waals surface area contributed by atoms with E-state index in [0.29, 0.717) is 17.4 Å². The Bertz CT molecular complexity index is 1180. The third kappa shape index (κ3) is 49.4. The van der Waals surface area contributed by atoms with E-state index in [2.05, 4.69) is 50.3 Å². The molecule has 0 aliphatic heterocycles. The van der Waals surface area contributed by atoms with E-state index in [1.165, 1.54) is 173 Å². The first-order valence-corrected chi connectivity index (χ1v) is 27.7. The average Bonchev–Trinajstić information content (AvgIpc) is 3.28. The summed E-state index contributed by atoms with van der Waals surface area (Å²) in [5.74, 6) is -2.00. The van der Waals surface area contributed by atoms with E-state index in [4.69, 9.17) is 18.9 Å². The highest BCUT2D eigenvalue weighted by Crippen LogP contribution is 2.16. The van der Waals surface area contributed by atoms with Crippen LogP contribution in [0.4, 0.5) is 0 Å². The summed E-state index contributed by atoms with van der Waals surface area (Å²) < 4.78 is 22.7. The zero-order valence-electron chi connectivity index (χ0n) is 43.9. The Morgan fingerprint density at radius 2 is 0.818 bits per heavy atom. The van der Waals surface area contributed by atoms with Crippen LogP contribution in [0.5, 0.6) is 0 Å². The lowest BCUT2D eigenvalue weighted by molar-refractivity contribution is -0.870. The first kappa shape index (κ1) is 63.5. The maximum Gasteiger partial charge on any atom is 0.361 e. The molecule has 0 aliphatic carbocycles. The summed E-state index contributed by atoms with van der Waals surface area (Å²) in [6, 6.07) is 0. The molecule has 9 nitrogen and oxygen atoms in total. The van der Waals surface area contributed by atoms with E-state index < -0.39 is 24.3 Å². The van der Waals surface area contributed by atoms with Gasteiger partial charge in [-0.15, -0.1) is 0 Å². The molecule has 0 aliphatic rings. The van der Waals surface area contributed by atoms with Gasteiger partial charge in [0.05, 0.1) is 34.4 Å². The Morgan fingerprint density at radius 1 is 0.455 bits per heavy atom. The van der Waals surface area contributed by atoms with Crippen molar-refractivity contribution in [3.05, 3.63) is 36.5 Å². The molecule has 66 heavy (non-hydrogen) atoms. The number of unbranched alkanes of at least 4 members (excludes halogenated alkanes) is 30. The van der Waals surface area contributed by atoms with Gasteiger partial charge < -0.3 is 28.5 Å². The quantitative estimate of drug-likeness (QED) is 0.0211. The third-order valence-corrected chi connectivity index (χ3v) is 12.1. The number of likely N-dealkylation sites (N-methyl/N-ethyl adjacent to an activating group) is 1. The number of hydrogen-bond donors (Lipinski definition) is 1. The third-order valence-electron chi connectivity index (χ3n) is 12.1. The fourth-order valence-corrected chi connectivity index (χ4v) is 7.84. The lowest BCUT2D eigenvalue weighted by Crippen LogP contribution is -2.40. The van der Waals surface area contributed by atoms with Crippen LogP contribution in [0.1, 0.15) is 251 Å². The molecule has 0 fully saturated rings. The number of rotatable bonds is 51. The van der Waals surface area contributed by atoms with Crippen molar-refractivity contribution >= 4 is 17.9 Å². The van der Waals surface area contributed by atoms with Crippen LogP contribution in [0.15, 0.2) is 36.5 Å². The second kappa shape index (κ2) is 48.9. The first-order valence-electron chi connectivity index (χ1n) is 27.7. The predicted octanol–water partition coefficient (Wildman–Crippen LogP) is 15.7. The number of quaternary nitrogens is 1. The molecule has 1 N–H and O–H groups in total. The lowest BCUT2D eigenvalue weighted by atomic mass is 10.0. The van der Waals surface area contributed by atoms with Gasteiger partial charge in [0.2, 0.25) is 0 Å². The number of esters is 2. The normalized spacial score (nSPS) is 13.0.